The minimum Gasteiger partial charge on any atom is -0.394 e. The molecule has 0 saturated heterocycles. The summed E-state index contributed by atoms with van der Waals surface area (Å²) in [5.41, 5.74) is 5.67. The lowest BCUT2D eigenvalue weighted by Gasteiger charge is -2.07. The molecule has 1 heterocycles. The molecule has 0 radical (unpaired) electrons. The van der Waals surface area contributed by atoms with Crippen LogP contribution in [0.1, 0.15) is 11.6 Å². The van der Waals surface area contributed by atoms with Gasteiger partial charge in [0, 0.05) is 11.8 Å². The van der Waals surface area contributed by atoms with Gasteiger partial charge in [0.2, 0.25) is 0 Å². The minimum atomic E-state index is -0.655. The third-order valence-electron chi connectivity index (χ3n) is 1.40. The van der Waals surface area contributed by atoms with Crippen LogP contribution in [0, 0.1) is 5.82 Å². The second-order valence-electron chi connectivity index (χ2n) is 2.19. The first-order valence-electron chi connectivity index (χ1n) is 3.21. The zero-order valence-corrected chi connectivity index (χ0v) is 5.87. The van der Waals surface area contributed by atoms with Gasteiger partial charge in [-0.25, -0.2) is 4.39 Å². The first-order valence-corrected chi connectivity index (χ1v) is 3.21. The Morgan fingerprint density at radius 1 is 1.73 bits per heavy atom. The van der Waals surface area contributed by atoms with Gasteiger partial charge in [-0.05, 0) is 6.07 Å². The normalized spacial score (nSPS) is 13.0. The summed E-state index contributed by atoms with van der Waals surface area (Å²) < 4.78 is 12.8. The van der Waals surface area contributed by atoms with E-state index in [1.54, 1.807) is 0 Å². The van der Waals surface area contributed by atoms with Crippen molar-refractivity contribution >= 4 is 0 Å². The molecular formula is C7H9FN2O. The summed E-state index contributed by atoms with van der Waals surface area (Å²) in [6, 6.07) is 0.800. The van der Waals surface area contributed by atoms with E-state index in [0.717, 1.165) is 6.20 Å². The van der Waals surface area contributed by atoms with Crippen LogP contribution < -0.4 is 5.73 Å². The maximum Gasteiger partial charge on any atom is 0.146 e. The number of aliphatic hydroxyl groups excluding tert-OH is 1. The molecule has 0 fully saturated rings. The SMILES string of the molecule is N[C@H](CO)c1ccncc1F. The van der Waals surface area contributed by atoms with E-state index in [0.29, 0.717) is 5.56 Å². The predicted molar refractivity (Wildman–Crippen MR) is 38.2 cm³/mol. The van der Waals surface area contributed by atoms with Crippen LogP contribution in [0.5, 0.6) is 0 Å². The van der Waals surface area contributed by atoms with Gasteiger partial charge in [0.05, 0.1) is 18.8 Å². The monoisotopic (exact) mass is 156 g/mol. The van der Waals surface area contributed by atoms with Crippen molar-refractivity contribution in [3.05, 3.63) is 29.8 Å². The van der Waals surface area contributed by atoms with E-state index >= 15 is 0 Å². The average Bonchev–Trinajstić information content (AvgIpc) is 2.04. The highest BCUT2D eigenvalue weighted by molar-refractivity contribution is 5.16. The van der Waals surface area contributed by atoms with Gasteiger partial charge < -0.3 is 10.8 Å². The van der Waals surface area contributed by atoms with Crippen molar-refractivity contribution in [3.8, 4) is 0 Å². The van der Waals surface area contributed by atoms with Gasteiger partial charge in [0.1, 0.15) is 5.82 Å². The van der Waals surface area contributed by atoms with Gasteiger partial charge in [0.25, 0.3) is 0 Å². The van der Waals surface area contributed by atoms with Crippen LogP contribution in [-0.2, 0) is 0 Å². The molecule has 11 heavy (non-hydrogen) atoms. The summed E-state index contributed by atoms with van der Waals surface area (Å²) in [5, 5.41) is 8.60. The van der Waals surface area contributed by atoms with Crippen molar-refractivity contribution in [2.75, 3.05) is 6.61 Å². The number of nitrogens with two attached hydrogens (primary N) is 1. The van der Waals surface area contributed by atoms with Gasteiger partial charge in [0.15, 0.2) is 0 Å². The van der Waals surface area contributed by atoms with Crippen LogP contribution in [0.2, 0.25) is 0 Å². The largest absolute Gasteiger partial charge is 0.394 e. The van der Waals surface area contributed by atoms with E-state index in [9.17, 15) is 4.39 Å². The van der Waals surface area contributed by atoms with Crippen LogP contribution in [0.4, 0.5) is 4.39 Å². The summed E-state index contributed by atoms with van der Waals surface area (Å²) in [6.45, 7) is -0.263. The Labute approximate surface area is 63.7 Å². The molecule has 0 bridgehead atoms. The fourth-order valence-electron chi connectivity index (χ4n) is 0.785. The van der Waals surface area contributed by atoms with Crippen LogP contribution in [-0.4, -0.2) is 16.7 Å². The highest BCUT2D eigenvalue weighted by atomic mass is 19.1. The summed E-state index contributed by atoms with van der Waals surface area (Å²) in [4.78, 5) is 3.55. The van der Waals surface area contributed by atoms with Crippen LogP contribution in [0.3, 0.4) is 0 Å². The molecule has 1 atom stereocenters. The Hall–Kier alpha value is -1.00. The van der Waals surface area contributed by atoms with Crippen LogP contribution in [0.25, 0.3) is 0 Å². The van der Waals surface area contributed by atoms with E-state index < -0.39 is 11.9 Å². The third kappa shape index (κ3) is 1.72. The molecule has 4 heteroatoms. The molecule has 0 spiro atoms. The maximum atomic E-state index is 12.8. The van der Waals surface area contributed by atoms with E-state index in [1.807, 2.05) is 0 Å². The van der Waals surface area contributed by atoms with Gasteiger partial charge in [-0.2, -0.15) is 0 Å². The number of halogens is 1. The average molecular weight is 156 g/mol. The number of nitrogens with zero attached hydrogens (tertiary/aromatic N) is 1. The zero-order chi connectivity index (χ0) is 8.27. The number of hydrogen-bond donors (Lipinski definition) is 2. The lowest BCUT2D eigenvalue weighted by molar-refractivity contribution is 0.265. The van der Waals surface area contributed by atoms with Gasteiger partial charge in [-0.1, -0.05) is 0 Å². The van der Waals surface area contributed by atoms with E-state index in [-0.39, 0.29) is 6.61 Å². The van der Waals surface area contributed by atoms with Crippen LogP contribution in [0.15, 0.2) is 18.5 Å². The quantitative estimate of drug-likeness (QED) is 0.643. The lowest BCUT2D eigenvalue weighted by atomic mass is 10.1. The van der Waals surface area contributed by atoms with E-state index in [2.05, 4.69) is 4.98 Å². The topological polar surface area (TPSA) is 59.1 Å². The number of rotatable bonds is 2. The second-order valence-corrected chi connectivity index (χ2v) is 2.19. The van der Waals surface area contributed by atoms with Crippen molar-refractivity contribution in [3.63, 3.8) is 0 Å². The van der Waals surface area contributed by atoms with Crippen molar-refractivity contribution in [1.82, 2.24) is 4.98 Å². The first kappa shape index (κ1) is 8.10. The smallest absolute Gasteiger partial charge is 0.146 e. The second kappa shape index (κ2) is 3.41. The van der Waals surface area contributed by atoms with Crippen LogP contribution >= 0.6 is 0 Å². The lowest BCUT2D eigenvalue weighted by Crippen LogP contribution is -2.16. The number of hydrogen-bond acceptors (Lipinski definition) is 3. The zero-order valence-electron chi connectivity index (χ0n) is 5.87. The minimum absolute atomic E-state index is 0.263. The molecule has 3 nitrogen and oxygen atoms in total. The summed E-state index contributed by atoms with van der Waals surface area (Å²) in [7, 11) is 0. The molecule has 1 aromatic rings. The standard InChI is InChI=1S/C7H9FN2O/c8-6-3-10-2-1-5(6)7(9)4-11/h1-3,7,11H,4,9H2/t7-/m1/s1. The van der Waals surface area contributed by atoms with Crippen molar-refractivity contribution in [1.29, 1.82) is 0 Å². The molecule has 0 aliphatic carbocycles. The first-order chi connectivity index (χ1) is 5.25. The molecule has 0 aromatic carbocycles. The highest BCUT2D eigenvalue weighted by Crippen LogP contribution is 2.11. The van der Waals surface area contributed by atoms with Gasteiger partial charge >= 0.3 is 0 Å². The molecule has 60 valence electrons. The Morgan fingerprint density at radius 2 is 2.45 bits per heavy atom. The maximum absolute atomic E-state index is 12.8. The highest BCUT2D eigenvalue weighted by Gasteiger charge is 2.08. The van der Waals surface area contributed by atoms with Crippen molar-refractivity contribution < 1.29 is 9.50 Å². The molecule has 1 rings (SSSR count). The fourth-order valence-corrected chi connectivity index (χ4v) is 0.785. The molecule has 0 saturated carbocycles. The Balaban J connectivity index is 2.93. The molecular weight excluding hydrogens is 147 g/mol. The Morgan fingerprint density at radius 3 is 3.00 bits per heavy atom. The number of aliphatic hydroxyl groups is 1. The molecule has 1 aromatic heterocycles. The fraction of sp³-hybridized carbons (Fsp3) is 0.286. The van der Waals surface area contributed by atoms with Gasteiger partial charge in [-0.3, -0.25) is 4.98 Å². The molecule has 0 aliphatic rings. The molecule has 0 aliphatic heterocycles. The van der Waals surface area contributed by atoms with Gasteiger partial charge in [-0.15, -0.1) is 0 Å². The summed E-state index contributed by atoms with van der Waals surface area (Å²) in [6.07, 6.45) is 2.51. The third-order valence-corrected chi connectivity index (χ3v) is 1.40. The summed E-state index contributed by atoms with van der Waals surface area (Å²) >= 11 is 0. The molecule has 3 N–H and O–H groups in total. The summed E-state index contributed by atoms with van der Waals surface area (Å²) in [5.74, 6) is -0.478. The van der Waals surface area contributed by atoms with Crippen molar-refractivity contribution in [2.24, 2.45) is 5.73 Å². The molecule has 0 amide bonds. The van der Waals surface area contributed by atoms with E-state index in [4.69, 9.17) is 10.8 Å². The van der Waals surface area contributed by atoms with Crippen molar-refractivity contribution in [2.45, 2.75) is 6.04 Å². The Kier molecular flexibility index (Phi) is 2.51. The van der Waals surface area contributed by atoms with E-state index in [1.165, 1.54) is 12.3 Å². The predicted octanol–water partition coefficient (Wildman–Crippen LogP) is 0.213. The Bertz CT molecular complexity index is 242. The molecule has 0 unspecified atom stereocenters. The number of aromatic nitrogens is 1. The number of pyridine rings is 1.